The molecule has 126 valence electrons. The van der Waals surface area contributed by atoms with Gasteiger partial charge >= 0.3 is 5.97 Å². The topological polar surface area (TPSA) is 72.6 Å². The molecule has 0 spiro atoms. The third-order valence-electron chi connectivity index (χ3n) is 6.13. The van der Waals surface area contributed by atoms with Gasteiger partial charge in [-0.05, 0) is 62.5 Å². The van der Waals surface area contributed by atoms with Gasteiger partial charge in [0.2, 0.25) is 5.89 Å². The highest BCUT2D eigenvalue weighted by Crippen LogP contribution is 2.62. The summed E-state index contributed by atoms with van der Waals surface area (Å²) in [7, 11) is 0. The lowest BCUT2D eigenvalue weighted by Crippen LogP contribution is -2.58. The summed E-state index contributed by atoms with van der Waals surface area (Å²) in [5.41, 5.74) is 0.325. The normalized spacial score (nSPS) is 37.0. The molecule has 2 unspecified atom stereocenters. The number of carbonyl (C=O) groups excluding carboxylic acids is 1. The van der Waals surface area contributed by atoms with Gasteiger partial charge in [0.05, 0.1) is 11.0 Å². The summed E-state index contributed by atoms with van der Waals surface area (Å²) < 4.78 is 11.2. The fraction of sp³-hybridized carbons (Fsp3) is 0.579. The van der Waals surface area contributed by atoms with E-state index in [4.69, 9.17) is 9.15 Å². The Bertz CT molecular complexity index is 764. The van der Waals surface area contributed by atoms with E-state index < -0.39 is 11.0 Å². The van der Waals surface area contributed by atoms with E-state index in [0.717, 1.165) is 37.6 Å². The number of nitrogens with zero attached hydrogens (tertiary/aromatic N) is 1. The fourth-order valence-corrected chi connectivity index (χ4v) is 5.72. The summed E-state index contributed by atoms with van der Waals surface area (Å²) in [4.78, 5) is 17.2. The molecule has 1 aromatic heterocycles. The molecule has 2 aromatic rings. The minimum Gasteiger partial charge on any atom is -0.455 e. The number of hydrogen-bond acceptors (Lipinski definition) is 5. The van der Waals surface area contributed by atoms with Gasteiger partial charge in [-0.2, -0.15) is 0 Å². The first kappa shape index (κ1) is 14.5. The molecule has 0 aliphatic heterocycles. The standard InChI is InChI=1S/C19H21NO4/c21-17(23-10-16-20-14-3-1-2-4-15(14)24-16)18-6-12-5-13(7-18)9-19(22,8-12)11-18/h1-4,12-13,22H,5-11H2. The molecule has 4 aliphatic rings. The van der Waals surface area contributed by atoms with Gasteiger partial charge in [0, 0.05) is 0 Å². The molecule has 1 aromatic carbocycles. The van der Waals surface area contributed by atoms with E-state index in [-0.39, 0.29) is 12.6 Å². The van der Waals surface area contributed by atoms with Gasteiger partial charge in [-0.25, -0.2) is 4.98 Å². The zero-order valence-electron chi connectivity index (χ0n) is 13.5. The average Bonchev–Trinajstić information content (AvgIpc) is 2.93. The molecular weight excluding hydrogens is 306 g/mol. The molecule has 4 fully saturated rings. The third-order valence-corrected chi connectivity index (χ3v) is 6.13. The van der Waals surface area contributed by atoms with Crippen LogP contribution >= 0.6 is 0 Å². The van der Waals surface area contributed by atoms with Crippen molar-refractivity contribution in [3.05, 3.63) is 30.2 Å². The highest BCUT2D eigenvalue weighted by Gasteiger charge is 2.60. The minimum atomic E-state index is -0.652. The first-order valence-electron chi connectivity index (χ1n) is 8.78. The second-order valence-electron chi connectivity index (χ2n) is 8.12. The monoisotopic (exact) mass is 327 g/mol. The largest absolute Gasteiger partial charge is 0.455 e. The molecule has 24 heavy (non-hydrogen) atoms. The minimum absolute atomic E-state index is 0.0586. The van der Waals surface area contributed by atoms with Crippen LogP contribution in [0.1, 0.15) is 44.4 Å². The predicted octanol–water partition coefficient (Wildman–Crippen LogP) is 3.20. The average molecular weight is 327 g/mol. The number of aromatic nitrogens is 1. The molecule has 4 saturated carbocycles. The van der Waals surface area contributed by atoms with E-state index in [1.807, 2.05) is 24.3 Å². The Kier molecular flexibility index (Phi) is 2.90. The van der Waals surface area contributed by atoms with Crippen molar-refractivity contribution in [1.29, 1.82) is 0 Å². The van der Waals surface area contributed by atoms with E-state index >= 15 is 0 Å². The lowest BCUT2D eigenvalue weighted by Gasteiger charge is -2.58. The van der Waals surface area contributed by atoms with Crippen molar-refractivity contribution in [1.82, 2.24) is 4.98 Å². The van der Waals surface area contributed by atoms with E-state index in [2.05, 4.69) is 4.98 Å². The summed E-state index contributed by atoms with van der Waals surface area (Å²) in [5, 5.41) is 10.8. The van der Waals surface area contributed by atoms with E-state index in [9.17, 15) is 9.90 Å². The lowest BCUT2D eigenvalue weighted by molar-refractivity contribution is -0.197. The molecule has 0 saturated heterocycles. The van der Waals surface area contributed by atoms with Crippen molar-refractivity contribution < 1.29 is 19.1 Å². The molecule has 6 rings (SSSR count). The zero-order chi connectivity index (χ0) is 16.4. The first-order chi connectivity index (χ1) is 11.5. The van der Waals surface area contributed by atoms with Crippen LogP contribution in [-0.4, -0.2) is 21.7 Å². The number of carbonyl (C=O) groups is 1. The molecule has 4 aliphatic carbocycles. The number of esters is 1. The van der Waals surface area contributed by atoms with E-state index in [1.54, 1.807) is 0 Å². The summed E-state index contributed by atoms with van der Waals surface area (Å²) in [6.45, 7) is 0.0586. The quantitative estimate of drug-likeness (QED) is 0.877. The number of rotatable bonds is 3. The third kappa shape index (κ3) is 2.18. The smallest absolute Gasteiger partial charge is 0.312 e. The van der Waals surface area contributed by atoms with Crippen molar-refractivity contribution in [2.24, 2.45) is 17.3 Å². The van der Waals surface area contributed by atoms with Crippen LogP contribution in [0.4, 0.5) is 0 Å². The Labute approximate surface area is 140 Å². The van der Waals surface area contributed by atoms with Crippen molar-refractivity contribution in [3.63, 3.8) is 0 Å². The SMILES string of the molecule is O=C(OCc1nc2ccccc2o1)C12CC3CC(CC(O)(C3)C1)C2. The summed E-state index contributed by atoms with van der Waals surface area (Å²) in [5.74, 6) is 1.17. The number of para-hydroxylation sites is 2. The molecule has 5 heteroatoms. The Morgan fingerprint density at radius 2 is 2.00 bits per heavy atom. The summed E-state index contributed by atoms with van der Waals surface area (Å²) >= 11 is 0. The van der Waals surface area contributed by atoms with Gasteiger partial charge in [-0.3, -0.25) is 4.79 Å². The molecule has 1 heterocycles. The van der Waals surface area contributed by atoms with Crippen molar-refractivity contribution >= 4 is 17.1 Å². The number of ether oxygens (including phenoxy) is 1. The maximum absolute atomic E-state index is 12.8. The van der Waals surface area contributed by atoms with Crippen molar-refractivity contribution in [2.75, 3.05) is 0 Å². The number of hydrogen-bond donors (Lipinski definition) is 1. The fourth-order valence-electron chi connectivity index (χ4n) is 5.72. The zero-order valence-corrected chi connectivity index (χ0v) is 13.5. The van der Waals surface area contributed by atoms with Gasteiger partial charge in [-0.15, -0.1) is 0 Å². The molecular formula is C19H21NO4. The van der Waals surface area contributed by atoms with Crippen LogP contribution in [-0.2, 0) is 16.1 Å². The van der Waals surface area contributed by atoms with E-state index in [0.29, 0.717) is 29.7 Å². The maximum atomic E-state index is 12.8. The Hall–Kier alpha value is -1.88. The van der Waals surface area contributed by atoms with Crippen LogP contribution in [0.5, 0.6) is 0 Å². The number of aliphatic hydroxyl groups is 1. The van der Waals surface area contributed by atoms with Gasteiger partial charge in [0.15, 0.2) is 12.2 Å². The second kappa shape index (κ2) is 4.82. The van der Waals surface area contributed by atoms with Crippen LogP contribution in [0, 0.1) is 17.3 Å². The van der Waals surface area contributed by atoms with Crippen molar-refractivity contribution in [2.45, 2.75) is 50.7 Å². The van der Waals surface area contributed by atoms with Crippen LogP contribution in [0.25, 0.3) is 11.1 Å². The number of benzene rings is 1. The van der Waals surface area contributed by atoms with E-state index in [1.165, 1.54) is 0 Å². The van der Waals surface area contributed by atoms with Crippen LogP contribution in [0.2, 0.25) is 0 Å². The Balaban J connectivity index is 1.33. The predicted molar refractivity (Wildman–Crippen MR) is 85.9 cm³/mol. The first-order valence-corrected chi connectivity index (χ1v) is 8.78. The highest BCUT2D eigenvalue weighted by atomic mass is 16.5. The molecule has 5 nitrogen and oxygen atoms in total. The molecule has 4 bridgehead atoms. The highest BCUT2D eigenvalue weighted by molar-refractivity contribution is 5.78. The van der Waals surface area contributed by atoms with Crippen LogP contribution < -0.4 is 0 Å². The second-order valence-corrected chi connectivity index (χ2v) is 8.12. The maximum Gasteiger partial charge on any atom is 0.312 e. The van der Waals surface area contributed by atoms with Gasteiger partial charge in [0.1, 0.15) is 5.52 Å². The molecule has 0 amide bonds. The summed E-state index contributed by atoms with van der Waals surface area (Å²) in [6, 6.07) is 7.51. The van der Waals surface area contributed by atoms with Gasteiger partial charge in [-0.1, -0.05) is 12.1 Å². The van der Waals surface area contributed by atoms with Gasteiger partial charge in [0.25, 0.3) is 0 Å². The van der Waals surface area contributed by atoms with Crippen LogP contribution in [0.3, 0.4) is 0 Å². The van der Waals surface area contributed by atoms with Crippen LogP contribution in [0.15, 0.2) is 28.7 Å². The summed E-state index contributed by atoms with van der Waals surface area (Å²) in [6.07, 6.45) is 5.13. The lowest BCUT2D eigenvalue weighted by atomic mass is 9.48. The van der Waals surface area contributed by atoms with Gasteiger partial charge < -0.3 is 14.3 Å². The Morgan fingerprint density at radius 3 is 2.71 bits per heavy atom. The molecule has 2 atom stereocenters. The number of fused-ring (bicyclic) bond motifs is 1. The Morgan fingerprint density at radius 1 is 1.25 bits per heavy atom. The number of oxazole rings is 1. The molecule has 1 N–H and O–H groups in total. The molecule has 0 radical (unpaired) electrons. The van der Waals surface area contributed by atoms with Crippen molar-refractivity contribution in [3.8, 4) is 0 Å².